The molecule has 4 aromatic carbocycles. The minimum Gasteiger partial charge on any atom is -0.870 e. The van der Waals surface area contributed by atoms with Gasteiger partial charge in [-0.2, -0.15) is 0 Å². The third kappa shape index (κ3) is 8.56. The molecule has 7 heteroatoms. The van der Waals surface area contributed by atoms with Gasteiger partial charge in [-0.15, -0.1) is 0 Å². The number of aromatic carboxylic acids is 2. The van der Waals surface area contributed by atoms with Crippen LogP contribution in [0.4, 0.5) is 0 Å². The first-order valence-electron chi connectivity index (χ1n) is 9.50. The van der Waals surface area contributed by atoms with Crippen molar-refractivity contribution in [3.8, 4) is 0 Å². The predicted molar refractivity (Wildman–Crippen MR) is 121 cm³/mol. The molecule has 0 atom stereocenters. The van der Waals surface area contributed by atoms with Gasteiger partial charge in [-0.05, 0) is 54.1 Å². The van der Waals surface area contributed by atoms with Crippen molar-refractivity contribution in [3.63, 3.8) is 0 Å². The maximum Gasteiger partial charge on any atom is 1.00 e. The largest absolute Gasteiger partial charge is 1.00 e. The van der Waals surface area contributed by atoms with E-state index in [9.17, 15) is 14.7 Å². The van der Waals surface area contributed by atoms with Crippen LogP contribution in [0, 0.1) is 0 Å². The Labute approximate surface area is 238 Å². The van der Waals surface area contributed by atoms with Gasteiger partial charge in [0.25, 0.3) is 0 Å². The van der Waals surface area contributed by atoms with Gasteiger partial charge < -0.3 is 20.5 Å². The molecule has 4 aromatic rings. The van der Waals surface area contributed by atoms with Gasteiger partial charge in [-0.1, -0.05) is 66.7 Å². The molecule has 0 unspecified atom stereocenters. The first-order chi connectivity index (χ1) is 15.1. The van der Waals surface area contributed by atoms with Crippen molar-refractivity contribution in [3.05, 3.63) is 126 Å². The molecule has 0 saturated carbocycles. The van der Waals surface area contributed by atoms with Crippen LogP contribution in [0.1, 0.15) is 20.7 Å². The van der Waals surface area contributed by atoms with Crippen molar-refractivity contribution in [2.24, 2.45) is 0 Å². The smallest absolute Gasteiger partial charge is 0.870 e. The van der Waals surface area contributed by atoms with Crippen LogP contribution < -0.4 is 56.5 Å². The number of carbonyl (C=O) groups excluding carboxylic acids is 1. The number of carboxylic acids is 2. The molecule has 0 fully saturated rings. The minimum atomic E-state index is -1.38. The van der Waals surface area contributed by atoms with E-state index in [0.717, 1.165) is 6.07 Å². The summed E-state index contributed by atoms with van der Waals surface area (Å²) >= 11 is 0. The Morgan fingerprint density at radius 3 is 1.30 bits per heavy atom. The van der Waals surface area contributed by atoms with E-state index in [1.54, 1.807) is 0 Å². The Kier molecular flexibility index (Phi) is 12.9. The maximum absolute atomic E-state index is 10.4. The van der Waals surface area contributed by atoms with E-state index in [2.05, 4.69) is 91.0 Å². The summed E-state index contributed by atoms with van der Waals surface area (Å²) in [6, 6.07) is 37.2. The molecule has 0 aliphatic carbocycles. The van der Waals surface area contributed by atoms with Crippen LogP contribution in [0.5, 0.6) is 0 Å². The van der Waals surface area contributed by atoms with Gasteiger partial charge in [-0.3, -0.25) is 0 Å². The molecule has 0 aliphatic heterocycles. The van der Waals surface area contributed by atoms with Crippen molar-refractivity contribution in [1.82, 2.24) is 0 Å². The second kappa shape index (κ2) is 14.8. The van der Waals surface area contributed by atoms with E-state index in [0.29, 0.717) is 0 Å². The summed E-state index contributed by atoms with van der Waals surface area (Å²) in [7, 11) is -0.0146. The molecular weight excluding hydrogens is 463 g/mol. The van der Waals surface area contributed by atoms with Gasteiger partial charge in [0.15, 0.2) is 14.7 Å². The number of rotatable bonds is 5. The van der Waals surface area contributed by atoms with E-state index in [1.807, 2.05) is 0 Å². The molecule has 4 rings (SSSR count). The first kappa shape index (κ1) is 28.8. The number of hydrogen-bond acceptors (Lipinski definition) is 4. The standard InChI is InChI=1S/C18H15S.C8H6O4.K.H2O/c1-4-10-16(11-5-1)19(17-12-6-2-7-13-17)18-14-8-3-9-15-18;9-7(10)5-2-1-3-6(4-5)8(11)12;;/h1-15H;1-4H,(H,9,10)(H,11,12);;1H2/q+1;;+1;/p-2. The first-order valence-corrected chi connectivity index (χ1v) is 10.7. The number of carbonyl (C=O) groups is 2. The van der Waals surface area contributed by atoms with Crippen LogP contribution in [-0.4, -0.2) is 22.5 Å². The molecule has 0 spiro atoms. The molecule has 0 heterocycles. The van der Waals surface area contributed by atoms with E-state index >= 15 is 0 Å². The van der Waals surface area contributed by atoms with E-state index in [-0.39, 0.29) is 78.9 Å². The van der Waals surface area contributed by atoms with Crippen molar-refractivity contribution < 1.29 is 76.7 Å². The van der Waals surface area contributed by atoms with Crippen LogP contribution in [0.15, 0.2) is 130 Å². The third-order valence-electron chi connectivity index (χ3n) is 4.28. The summed E-state index contributed by atoms with van der Waals surface area (Å²) < 4.78 is 0. The summed E-state index contributed by atoms with van der Waals surface area (Å²) in [6.45, 7) is 0. The fraction of sp³-hybridized carbons (Fsp3) is 0. The summed E-state index contributed by atoms with van der Waals surface area (Å²) in [5.74, 6) is -2.53. The van der Waals surface area contributed by atoms with Crippen molar-refractivity contribution in [2.45, 2.75) is 14.7 Å². The van der Waals surface area contributed by atoms with Gasteiger partial charge in [0, 0.05) is 0 Å². The molecule has 162 valence electrons. The zero-order valence-electron chi connectivity index (χ0n) is 18.0. The van der Waals surface area contributed by atoms with Crippen LogP contribution in [-0.2, 0) is 10.9 Å². The molecule has 0 aromatic heterocycles. The average Bonchev–Trinajstić information content (AvgIpc) is 2.82. The Bertz CT molecular complexity index is 1020. The monoisotopic (exact) mass is 484 g/mol. The Balaban J connectivity index is 0.000000342. The van der Waals surface area contributed by atoms with E-state index in [1.165, 1.54) is 32.9 Å². The minimum absolute atomic E-state index is 0. The van der Waals surface area contributed by atoms with Crippen molar-refractivity contribution >= 4 is 22.8 Å². The SMILES string of the molecule is O=C([O-])c1cccc(C(=O)O)c1.[K+].[OH-].c1ccc([S+](c2ccccc2)c2ccccc2)cc1. The predicted octanol–water partition coefficient (Wildman–Crippen LogP) is 1.36. The maximum atomic E-state index is 10.4. The molecule has 5 nitrogen and oxygen atoms in total. The van der Waals surface area contributed by atoms with Crippen LogP contribution in [0.25, 0.3) is 0 Å². The normalized spacial score (nSPS) is 9.48. The average molecular weight is 485 g/mol. The van der Waals surface area contributed by atoms with Crippen molar-refractivity contribution in [2.75, 3.05) is 0 Å². The summed E-state index contributed by atoms with van der Waals surface area (Å²) in [6.07, 6.45) is 0. The number of carboxylic acid groups (broad SMARTS) is 2. The van der Waals surface area contributed by atoms with Crippen molar-refractivity contribution in [1.29, 1.82) is 0 Å². The second-order valence-electron chi connectivity index (χ2n) is 6.42. The van der Waals surface area contributed by atoms with Crippen LogP contribution in [0.2, 0.25) is 0 Å². The van der Waals surface area contributed by atoms with Gasteiger partial charge >= 0.3 is 57.4 Å². The summed E-state index contributed by atoms with van der Waals surface area (Å²) in [4.78, 5) is 24.7. The van der Waals surface area contributed by atoms with E-state index < -0.39 is 11.9 Å². The molecule has 0 aliphatic rings. The molecule has 0 radical (unpaired) electrons. The molecule has 0 amide bonds. The van der Waals surface area contributed by atoms with Gasteiger partial charge in [-0.25, -0.2) is 4.79 Å². The van der Waals surface area contributed by atoms with Gasteiger partial charge in [0.2, 0.25) is 0 Å². The molecule has 0 saturated heterocycles. The molecule has 0 bridgehead atoms. The fourth-order valence-corrected chi connectivity index (χ4v) is 4.96. The summed E-state index contributed by atoms with van der Waals surface area (Å²) in [5, 5.41) is 18.7. The molecule has 33 heavy (non-hydrogen) atoms. The van der Waals surface area contributed by atoms with Crippen LogP contribution in [0.3, 0.4) is 0 Å². The number of hydrogen-bond donors (Lipinski definition) is 1. The van der Waals surface area contributed by atoms with Crippen LogP contribution >= 0.6 is 0 Å². The Morgan fingerprint density at radius 2 is 0.970 bits per heavy atom. The quantitative estimate of drug-likeness (QED) is 0.340. The summed E-state index contributed by atoms with van der Waals surface area (Å²) in [5.41, 5.74) is -0.188. The number of benzene rings is 4. The second-order valence-corrected chi connectivity index (χ2v) is 8.45. The van der Waals surface area contributed by atoms with Gasteiger partial charge in [0.05, 0.1) is 22.4 Å². The van der Waals surface area contributed by atoms with Gasteiger partial charge in [0.1, 0.15) is 0 Å². The molecule has 2 N–H and O–H groups in total. The third-order valence-corrected chi connectivity index (χ3v) is 6.51. The Hall–Kier alpha value is -2.23. The molecular formula is C26H21KO5S. The Morgan fingerprint density at radius 1 is 0.606 bits per heavy atom. The van der Waals surface area contributed by atoms with E-state index in [4.69, 9.17) is 5.11 Å². The fourth-order valence-electron chi connectivity index (χ4n) is 2.86. The topological polar surface area (TPSA) is 107 Å². The zero-order valence-corrected chi connectivity index (χ0v) is 21.9. The zero-order chi connectivity index (χ0) is 22.1.